The first-order chi connectivity index (χ1) is 9.67. The number of hydrogen-bond donors (Lipinski definition) is 3. The minimum atomic E-state index is -0.589. The van der Waals surface area contributed by atoms with Gasteiger partial charge in [0.25, 0.3) is 0 Å². The maximum absolute atomic E-state index is 10.2. The van der Waals surface area contributed by atoms with Crippen LogP contribution in [0.4, 0.5) is 0 Å². The summed E-state index contributed by atoms with van der Waals surface area (Å²) in [7, 11) is 0. The molecule has 0 aromatic heterocycles. The molecule has 1 aromatic carbocycles. The Kier molecular flexibility index (Phi) is 7.95. The molecule has 0 fully saturated rings. The van der Waals surface area contributed by atoms with E-state index in [0.29, 0.717) is 13.1 Å². The van der Waals surface area contributed by atoms with E-state index in [9.17, 15) is 10.2 Å². The molecule has 112 valence electrons. The summed E-state index contributed by atoms with van der Waals surface area (Å²) in [4.78, 5) is 0. The molecule has 0 heterocycles. The van der Waals surface area contributed by atoms with Crippen LogP contribution in [0, 0.1) is 0 Å². The van der Waals surface area contributed by atoms with Crippen LogP contribution in [0.3, 0.4) is 0 Å². The summed E-state index contributed by atoms with van der Waals surface area (Å²) in [5.41, 5.74) is 4.12. The minimum Gasteiger partial charge on any atom is -0.508 e. The van der Waals surface area contributed by atoms with Crippen LogP contribution in [-0.4, -0.2) is 34.9 Å². The molecule has 0 spiro atoms. The van der Waals surface area contributed by atoms with E-state index in [-0.39, 0.29) is 5.75 Å². The molecule has 0 bridgehead atoms. The summed E-state index contributed by atoms with van der Waals surface area (Å²) in [5.74, 6) is 0.210. The van der Waals surface area contributed by atoms with Crippen LogP contribution in [0.1, 0.15) is 37.9 Å². The zero-order valence-corrected chi connectivity index (χ0v) is 12.3. The quantitative estimate of drug-likeness (QED) is 0.350. The van der Waals surface area contributed by atoms with E-state index in [1.54, 1.807) is 24.3 Å². The van der Waals surface area contributed by atoms with Gasteiger partial charge in [0, 0.05) is 19.6 Å². The van der Waals surface area contributed by atoms with E-state index in [1.165, 1.54) is 12.8 Å². The first-order valence-electron chi connectivity index (χ1n) is 7.23. The Morgan fingerprint density at radius 3 is 2.60 bits per heavy atom. The number of rotatable bonds is 10. The van der Waals surface area contributed by atoms with E-state index < -0.39 is 6.10 Å². The van der Waals surface area contributed by atoms with Crippen molar-refractivity contribution in [3.8, 4) is 5.75 Å². The van der Waals surface area contributed by atoms with Gasteiger partial charge in [-0.05, 0) is 24.1 Å². The molecule has 4 nitrogen and oxygen atoms in total. The highest BCUT2D eigenvalue weighted by Crippen LogP contribution is 2.17. The van der Waals surface area contributed by atoms with Gasteiger partial charge in [-0.25, -0.2) is 5.01 Å². The Morgan fingerprint density at radius 1 is 1.30 bits per heavy atom. The molecule has 1 aromatic rings. The van der Waals surface area contributed by atoms with Crippen molar-refractivity contribution in [3.63, 3.8) is 0 Å². The van der Waals surface area contributed by atoms with Crippen LogP contribution in [0.5, 0.6) is 5.75 Å². The Bertz CT molecular complexity index is 379. The summed E-state index contributed by atoms with van der Waals surface area (Å²) in [5, 5.41) is 21.4. The standard InChI is InChI=1S/C16H26N2O2/c1-3-5-6-11-17-18(12-4-2)13-16(20)14-7-9-15(19)10-8-14/h4,7-10,16-17,19-20H,2-3,5-6,11-13H2,1H3. The Morgan fingerprint density at radius 2 is 2.00 bits per heavy atom. The summed E-state index contributed by atoms with van der Waals surface area (Å²) >= 11 is 0. The van der Waals surface area contributed by atoms with Crippen LogP contribution in [-0.2, 0) is 0 Å². The molecule has 0 radical (unpaired) electrons. The van der Waals surface area contributed by atoms with E-state index >= 15 is 0 Å². The van der Waals surface area contributed by atoms with Crippen LogP contribution in [0.2, 0.25) is 0 Å². The van der Waals surface area contributed by atoms with Gasteiger partial charge in [-0.3, -0.25) is 5.43 Å². The van der Waals surface area contributed by atoms with Crippen molar-refractivity contribution in [2.45, 2.75) is 32.3 Å². The van der Waals surface area contributed by atoms with Crippen molar-refractivity contribution in [2.24, 2.45) is 0 Å². The second-order valence-corrected chi connectivity index (χ2v) is 4.92. The molecule has 20 heavy (non-hydrogen) atoms. The Labute approximate surface area is 121 Å². The third-order valence-electron chi connectivity index (χ3n) is 3.14. The normalized spacial score (nSPS) is 12.6. The molecular formula is C16H26N2O2. The number of benzene rings is 1. The molecule has 3 N–H and O–H groups in total. The van der Waals surface area contributed by atoms with Gasteiger partial charge in [-0.1, -0.05) is 38.0 Å². The number of aliphatic hydroxyl groups excluding tert-OH is 1. The van der Waals surface area contributed by atoms with Gasteiger partial charge in [-0.2, -0.15) is 0 Å². The molecule has 0 aliphatic heterocycles. The molecule has 4 heteroatoms. The van der Waals surface area contributed by atoms with Crippen LogP contribution in [0.15, 0.2) is 36.9 Å². The van der Waals surface area contributed by atoms with E-state index in [2.05, 4.69) is 18.9 Å². The number of phenolic OH excluding ortho intramolecular Hbond substituents is 1. The molecule has 0 aliphatic rings. The molecule has 0 aliphatic carbocycles. The number of nitrogens with zero attached hydrogens (tertiary/aromatic N) is 1. The first-order valence-corrected chi connectivity index (χ1v) is 7.23. The highest BCUT2D eigenvalue weighted by atomic mass is 16.3. The second kappa shape index (κ2) is 9.53. The minimum absolute atomic E-state index is 0.210. The fraction of sp³-hybridized carbons (Fsp3) is 0.500. The van der Waals surface area contributed by atoms with Gasteiger partial charge >= 0.3 is 0 Å². The van der Waals surface area contributed by atoms with Gasteiger partial charge in [-0.15, -0.1) is 6.58 Å². The zero-order chi connectivity index (χ0) is 14.8. The average molecular weight is 278 g/mol. The maximum Gasteiger partial charge on any atom is 0.115 e. The van der Waals surface area contributed by atoms with Crippen LogP contribution < -0.4 is 5.43 Å². The first kappa shape index (κ1) is 16.7. The largest absolute Gasteiger partial charge is 0.508 e. The Hall–Kier alpha value is -1.36. The van der Waals surface area contributed by atoms with E-state index in [1.807, 2.05) is 11.1 Å². The van der Waals surface area contributed by atoms with Crippen molar-refractivity contribution in [1.29, 1.82) is 0 Å². The Balaban J connectivity index is 2.46. The van der Waals surface area contributed by atoms with Gasteiger partial charge in [0.1, 0.15) is 5.75 Å². The molecule has 1 atom stereocenters. The fourth-order valence-corrected chi connectivity index (χ4v) is 1.98. The highest BCUT2D eigenvalue weighted by molar-refractivity contribution is 5.27. The van der Waals surface area contributed by atoms with Crippen LogP contribution >= 0.6 is 0 Å². The van der Waals surface area contributed by atoms with Crippen molar-refractivity contribution >= 4 is 0 Å². The molecular weight excluding hydrogens is 252 g/mol. The van der Waals surface area contributed by atoms with Crippen molar-refractivity contribution in [1.82, 2.24) is 10.4 Å². The number of hydrazine groups is 1. The summed E-state index contributed by atoms with van der Waals surface area (Å²) in [6.07, 6.45) is 4.75. The van der Waals surface area contributed by atoms with Gasteiger partial charge < -0.3 is 10.2 Å². The smallest absolute Gasteiger partial charge is 0.115 e. The van der Waals surface area contributed by atoms with E-state index in [4.69, 9.17) is 0 Å². The summed E-state index contributed by atoms with van der Waals surface area (Å²) < 4.78 is 0. The van der Waals surface area contributed by atoms with Gasteiger partial charge in [0.2, 0.25) is 0 Å². The monoisotopic (exact) mass is 278 g/mol. The lowest BCUT2D eigenvalue weighted by Gasteiger charge is -2.25. The maximum atomic E-state index is 10.2. The number of aliphatic hydroxyl groups is 1. The fourth-order valence-electron chi connectivity index (χ4n) is 1.98. The lowest BCUT2D eigenvalue weighted by atomic mass is 10.1. The summed E-state index contributed by atoms with van der Waals surface area (Å²) in [6.45, 7) is 7.99. The zero-order valence-electron chi connectivity index (χ0n) is 12.3. The van der Waals surface area contributed by atoms with Crippen molar-refractivity contribution in [2.75, 3.05) is 19.6 Å². The number of nitrogens with one attached hydrogen (secondary N) is 1. The predicted molar refractivity (Wildman–Crippen MR) is 82.4 cm³/mol. The lowest BCUT2D eigenvalue weighted by molar-refractivity contribution is 0.0893. The number of unbranched alkanes of at least 4 members (excludes halogenated alkanes) is 2. The molecule has 0 amide bonds. The number of aromatic hydroxyl groups is 1. The number of phenols is 1. The lowest BCUT2D eigenvalue weighted by Crippen LogP contribution is -2.41. The highest BCUT2D eigenvalue weighted by Gasteiger charge is 2.12. The summed E-state index contributed by atoms with van der Waals surface area (Å²) in [6, 6.07) is 6.66. The SMILES string of the molecule is C=CCN(CC(O)c1ccc(O)cc1)NCCCCC. The van der Waals surface area contributed by atoms with Crippen molar-refractivity contribution < 1.29 is 10.2 Å². The molecule has 0 saturated carbocycles. The van der Waals surface area contributed by atoms with Crippen LogP contribution in [0.25, 0.3) is 0 Å². The molecule has 0 saturated heterocycles. The number of hydrogen-bond acceptors (Lipinski definition) is 4. The third-order valence-corrected chi connectivity index (χ3v) is 3.14. The topological polar surface area (TPSA) is 55.7 Å². The van der Waals surface area contributed by atoms with Crippen molar-refractivity contribution in [3.05, 3.63) is 42.5 Å². The predicted octanol–water partition coefficient (Wildman–Crippen LogP) is 2.61. The van der Waals surface area contributed by atoms with Gasteiger partial charge in [0.15, 0.2) is 0 Å². The third kappa shape index (κ3) is 6.19. The van der Waals surface area contributed by atoms with E-state index in [0.717, 1.165) is 18.5 Å². The average Bonchev–Trinajstić information content (AvgIpc) is 2.44. The molecule has 1 rings (SSSR count). The molecule has 1 unspecified atom stereocenters. The second-order valence-electron chi connectivity index (χ2n) is 4.92. The van der Waals surface area contributed by atoms with Gasteiger partial charge in [0.05, 0.1) is 6.10 Å².